The first-order chi connectivity index (χ1) is 18.6. The Morgan fingerprint density at radius 1 is 0.846 bits per heavy atom. The number of hydrogen-bond acceptors (Lipinski definition) is 6. The van der Waals surface area contributed by atoms with Crippen molar-refractivity contribution in [1.29, 1.82) is 0 Å². The molecule has 0 spiro atoms. The van der Waals surface area contributed by atoms with Crippen LogP contribution in [0.4, 0.5) is 0 Å². The Kier molecular flexibility index (Phi) is 11.3. The summed E-state index contributed by atoms with van der Waals surface area (Å²) >= 11 is 0. The molecule has 39 heavy (non-hydrogen) atoms. The number of fused-ring (bicyclic) bond motifs is 2. The van der Waals surface area contributed by atoms with Gasteiger partial charge in [-0.1, -0.05) is 58.0 Å². The molecule has 2 fully saturated rings. The van der Waals surface area contributed by atoms with Crippen molar-refractivity contribution < 1.29 is 23.9 Å². The molecule has 3 rings (SSSR count). The van der Waals surface area contributed by atoms with Gasteiger partial charge in [0.15, 0.2) is 0 Å². The van der Waals surface area contributed by atoms with Crippen molar-refractivity contribution in [3.05, 3.63) is 35.9 Å². The van der Waals surface area contributed by atoms with Crippen LogP contribution in [0.5, 0.6) is 0 Å². The first-order valence-electron chi connectivity index (χ1n) is 14.2. The first-order valence-corrected chi connectivity index (χ1v) is 14.2. The number of hydrogen-bond donors (Lipinski definition) is 5. The maximum atomic E-state index is 13.6. The highest BCUT2D eigenvalue weighted by atomic mass is 16.5. The SMILES string of the molecule is CC(C)C[C@H]1NC(=O)[C@H](CCCN)NC(=O)[C@H](C(C)C)NC(=O)[C@@H]2CC[C@H](O2)[C@@H](Cc2ccccc2)NC1=O. The Morgan fingerprint density at radius 2 is 1.51 bits per heavy atom. The van der Waals surface area contributed by atoms with Crippen molar-refractivity contribution in [2.75, 3.05) is 6.54 Å². The van der Waals surface area contributed by atoms with Crippen LogP contribution in [-0.4, -0.2) is 66.5 Å². The van der Waals surface area contributed by atoms with E-state index < -0.39 is 48.2 Å². The second kappa shape index (κ2) is 14.4. The van der Waals surface area contributed by atoms with E-state index >= 15 is 0 Å². The van der Waals surface area contributed by atoms with Gasteiger partial charge in [-0.2, -0.15) is 0 Å². The average Bonchev–Trinajstić information content (AvgIpc) is 3.38. The number of ether oxygens (including phenoxy) is 1. The van der Waals surface area contributed by atoms with Crippen molar-refractivity contribution >= 4 is 23.6 Å². The van der Waals surface area contributed by atoms with E-state index in [4.69, 9.17) is 10.5 Å². The number of amides is 4. The summed E-state index contributed by atoms with van der Waals surface area (Å²) in [7, 11) is 0. The molecule has 2 saturated heterocycles. The standard InChI is InChI=1S/C29H45N5O5/c1-17(2)15-22-27(36)32-21(16-19-9-6-5-7-10-19)23-12-13-24(39-23)28(37)34-25(18(3)4)29(38)31-20(11-8-14-30)26(35)33-22/h5-7,9-10,17-18,20-25H,8,11-16,30H2,1-4H3,(H,31,38)(H,32,36)(H,33,35)(H,34,37)/t20-,21+,22+,23-,24-,25-/m0/s1. The molecular formula is C29H45N5O5. The van der Waals surface area contributed by atoms with E-state index in [1.165, 1.54) is 0 Å². The third-order valence-electron chi connectivity index (χ3n) is 7.34. The van der Waals surface area contributed by atoms with Gasteiger partial charge in [0.05, 0.1) is 12.1 Å². The largest absolute Gasteiger partial charge is 0.363 e. The van der Waals surface area contributed by atoms with E-state index in [0.29, 0.717) is 45.1 Å². The van der Waals surface area contributed by atoms with Gasteiger partial charge >= 0.3 is 0 Å². The predicted octanol–water partition coefficient (Wildman–Crippen LogP) is 1.17. The minimum absolute atomic E-state index is 0.132. The zero-order valence-corrected chi connectivity index (χ0v) is 23.6. The quantitative estimate of drug-likeness (QED) is 0.332. The number of nitrogens with two attached hydrogens (primary N) is 1. The summed E-state index contributed by atoms with van der Waals surface area (Å²) in [6, 6.07) is 6.86. The highest BCUT2D eigenvalue weighted by molar-refractivity contribution is 5.95. The van der Waals surface area contributed by atoms with Crippen LogP contribution in [0.15, 0.2) is 30.3 Å². The summed E-state index contributed by atoms with van der Waals surface area (Å²) in [4.78, 5) is 53.5. The maximum Gasteiger partial charge on any atom is 0.249 e. The lowest BCUT2D eigenvalue weighted by molar-refractivity contribution is -0.138. The molecule has 1 aromatic carbocycles. The average molecular weight is 544 g/mol. The van der Waals surface area contributed by atoms with Gasteiger partial charge in [-0.25, -0.2) is 0 Å². The number of carbonyl (C=O) groups excluding carboxylic acids is 4. The zero-order valence-electron chi connectivity index (χ0n) is 23.6. The van der Waals surface area contributed by atoms with Gasteiger partial charge in [-0.15, -0.1) is 0 Å². The van der Waals surface area contributed by atoms with E-state index in [2.05, 4.69) is 21.3 Å². The maximum absolute atomic E-state index is 13.6. The van der Waals surface area contributed by atoms with E-state index in [9.17, 15) is 19.2 Å². The number of nitrogens with one attached hydrogen (secondary N) is 4. The van der Waals surface area contributed by atoms with Crippen LogP contribution in [0.25, 0.3) is 0 Å². The normalized spacial score (nSPS) is 28.8. The lowest BCUT2D eigenvalue weighted by atomic mass is 9.97. The van der Waals surface area contributed by atoms with E-state index in [1.54, 1.807) is 0 Å². The molecule has 0 saturated carbocycles. The molecule has 0 radical (unpaired) electrons. The van der Waals surface area contributed by atoms with Gasteiger partial charge in [0.25, 0.3) is 0 Å². The van der Waals surface area contributed by atoms with Gasteiger partial charge in [0, 0.05) is 0 Å². The second-order valence-electron chi connectivity index (χ2n) is 11.5. The van der Waals surface area contributed by atoms with Crippen LogP contribution >= 0.6 is 0 Å². The summed E-state index contributed by atoms with van der Waals surface area (Å²) in [5.74, 6) is -1.67. The fourth-order valence-corrected chi connectivity index (χ4v) is 5.19. The van der Waals surface area contributed by atoms with Gasteiger partial charge in [0.1, 0.15) is 24.2 Å². The lowest BCUT2D eigenvalue weighted by Gasteiger charge is -2.29. The van der Waals surface area contributed by atoms with Gasteiger partial charge in [0.2, 0.25) is 23.6 Å². The monoisotopic (exact) mass is 543 g/mol. The van der Waals surface area contributed by atoms with Crippen LogP contribution in [0, 0.1) is 11.8 Å². The Morgan fingerprint density at radius 3 is 2.15 bits per heavy atom. The number of rotatable bonds is 8. The molecule has 216 valence electrons. The fraction of sp³-hybridized carbons (Fsp3) is 0.655. The third kappa shape index (κ3) is 8.76. The molecule has 6 atom stereocenters. The highest BCUT2D eigenvalue weighted by Gasteiger charge is 2.39. The predicted molar refractivity (Wildman–Crippen MR) is 148 cm³/mol. The molecule has 0 unspecified atom stereocenters. The van der Waals surface area contributed by atoms with Crippen LogP contribution in [0.3, 0.4) is 0 Å². The van der Waals surface area contributed by atoms with Gasteiger partial charge < -0.3 is 31.7 Å². The smallest absolute Gasteiger partial charge is 0.249 e. The van der Waals surface area contributed by atoms with Crippen LogP contribution in [0.2, 0.25) is 0 Å². The second-order valence-corrected chi connectivity index (χ2v) is 11.5. The molecule has 10 nitrogen and oxygen atoms in total. The summed E-state index contributed by atoms with van der Waals surface area (Å²) in [6.45, 7) is 7.99. The summed E-state index contributed by atoms with van der Waals surface area (Å²) < 4.78 is 6.20. The number of benzene rings is 1. The van der Waals surface area contributed by atoms with Crippen LogP contribution < -0.4 is 27.0 Å². The molecule has 0 aliphatic carbocycles. The first kappa shape index (κ1) is 30.6. The van der Waals surface area contributed by atoms with Crippen LogP contribution in [0.1, 0.15) is 65.4 Å². The number of carbonyl (C=O) groups is 4. The molecule has 6 N–H and O–H groups in total. The topological polar surface area (TPSA) is 152 Å². The molecule has 1 aromatic rings. The minimum atomic E-state index is -0.889. The van der Waals surface area contributed by atoms with Crippen molar-refractivity contribution in [2.45, 2.75) is 103 Å². The molecule has 4 amide bonds. The van der Waals surface area contributed by atoms with Crippen molar-refractivity contribution in [2.24, 2.45) is 17.6 Å². The summed E-state index contributed by atoms with van der Waals surface area (Å²) in [5, 5.41) is 11.7. The Bertz CT molecular complexity index is 986. The molecule has 2 aliphatic rings. The van der Waals surface area contributed by atoms with Crippen molar-refractivity contribution in [3.63, 3.8) is 0 Å². The fourth-order valence-electron chi connectivity index (χ4n) is 5.19. The minimum Gasteiger partial charge on any atom is -0.363 e. The Hall–Kier alpha value is -2.98. The van der Waals surface area contributed by atoms with Crippen molar-refractivity contribution in [3.8, 4) is 0 Å². The Labute approximate surface area is 231 Å². The third-order valence-corrected chi connectivity index (χ3v) is 7.34. The molecular weight excluding hydrogens is 498 g/mol. The van der Waals surface area contributed by atoms with E-state index in [1.807, 2.05) is 58.0 Å². The van der Waals surface area contributed by atoms with E-state index in [0.717, 1.165) is 5.56 Å². The van der Waals surface area contributed by atoms with Gasteiger partial charge in [-0.3, -0.25) is 19.2 Å². The zero-order chi connectivity index (χ0) is 28.5. The molecule has 10 heteroatoms. The molecule has 2 aliphatic heterocycles. The Balaban J connectivity index is 1.96. The summed E-state index contributed by atoms with van der Waals surface area (Å²) in [6.07, 6.45) is 1.70. The van der Waals surface area contributed by atoms with Crippen LogP contribution in [-0.2, 0) is 30.3 Å². The highest BCUT2D eigenvalue weighted by Crippen LogP contribution is 2.25. The molecule has 2 bridgehead atoms. The lowest BCUT2D eigenvalue weighted by Crippen LogP contribution is -2.58. The molecule has 0 aromatic heterocycles. The van der Waals surface area contributed by atoms with Gasteiger partial charge in [-0.05, 0) is 62.5 Å². The van der Waals surface area contributed by atoms with E-state index in [-0.39, 0.29) is 23.7 Å². The molecule has 2 heterocycles. The summed E-state index contributed by atoms with van der Waals surface area (Å²) in [5.41, 5.74) is 6.72. The van der Waals surface area contributed by atoms with Crippen molar-refractivity contribution in [1.82, 2.24) is 21.3 Å².